The van der Waals surface area contributed by atoms with E-state index in [2.05, 4.69) is 24.1 Å². The summed E-state index contributed by atoms with van der Waals surface area (Å²) in [6, 6.07) is 0.686. The predicted octanol–water partition coefficient (Wildman–Crippen LogP) is 3.19. The van der Waals surface area contributed by atoms with Crippen LogP contribution in [0.1, 0.15) is 65.2 Å². The molecule has 0 amide bonds. The molecule has 3 heteroatoms. The zero-order valence-electron chi connectivity index (χ0n) is 14.1. The Morgan fingerprint density at radius 1 is 1.29 bits per heavy atom. The van der Waals surface area contributed by atoms with E-state index in [0.717, 1.165) is 12.5 Å². The van der Waals surface area contributed by atoms with Crippen LogP contribution in [0.5, 0.6) is 0 Å². The van der Waals surface area contributed by atoms with Crippen LogP contribution in [0.2, 0.25) is 0 Å². The van der Waals surface area contributed by atoms with Crippen molar-refractivity contribution in [3.05, 3.63) is 0 Å². The minimum atomic E-state index is 0.475. The van der Waals surface area contributed by atoms with Crippen LogP contribution in [0, 0.1) is 5.92 Å². The topological polar surface area (TPSA) is 24.5 Å². The number of ether oxygens (including phenoxy) is 1. The third-order valence-corrected chi connectivity index (χ3v) is 6.39. The third kappa shape index (κ3) is 3.46. The average molecular weight is 294 g/mol. The van der Waals surface area contributed by atoms with E-state index >= 15 is 0 Å². The second-order valence-electron chi connectivity index (χ2n) is 7.67. The van der Waals surface area contributed by atoms with Crippen molar-refractivity contribution >= 4 is 0 Å². The van der Waals surface area contributed by atoms with Crippen LogP contribution < -0.4 is 5.32 Å². The summed E-state index contributed by atoms with van der Waals surface area (Å²) in [5.74, 6) is 0.786. The van der Waals surface area contributed by atoms with Gasteiger partial charge in [-0.3, -0.25) is 4.90 Å². The van der Waals surface area contributed by atoms with Crippen molar-refractivity contribution in [2.75, 3.05) is 26.2 Å². The van der Waals surface area contributed by atoms with Gasteiger partial charge in [-0.1, -0.05) is 33.1 Å². The van der Waals surface area contributed by atoms with E-state index in [1.807, 2.05) is 0 Å². The van der Waals surface area contributed by atoms with Gasteiger partial charge in [0.05, 0.1) is 6.10 Å². The molecule has 2 saturated heterocycles. The lowest BCUT2D eigenvalue weighted by Crippen LogP contribution is -2.65. The van der Waals surface area contributed by atoms with Gasteiger partial charge in [0.25, 0.3) is 0 Å². The molecule has 1 spiro atoms. The van der Waals surface area contributed by atoms with Crippen LogP contribution in [-0.4, -0.2) is 48.8 Å². The molecule has 3 atom stereocenters. The molecule has 3 rings (SSSR count). The Labute approximate surface area is 130 Å². The number of piperazine rings is 1. The van der Waals surface area contributed by atoms with Crippen LogP contribution >= 0.6 is 0 Å². The maximum Gasteiger partial charge on any atom is 0.0588 e. The Balaban J connectivity index is 1.61. The average Bonchev–Trinajstić information content (AvgIpc) is 3.18. The van der Waals surface area contributed by atoms with Crippen LogP contribution in [-0.2, 0) is 4.74 Å². The number of hydrogen-bond donors (Lipinski definition) is 1. The fourth-order valence-corrected chi connectivity index (χ4v) is 4.62. The molecule has 0 aromatic carbocycles. The summed E-state index contributed by atoms with van der Waals surface area (Å²) in [7, 11) is 0. The highest BCUT2D eigenvalue weighted by Crippen LogP contribution is 2.38. The zero-order chi connectivity index (χ0) is 14.7. The lowest BCUT2D eigenvalue weighted by atomic mass is 9.87. The third-order valence-electron chi connectivity index (χ3n) is 6.39. The molecule has 1 aliphatic carbocycles. The number of hydrogen-bond acceptors (Lipinski definition) is 3. The van der Waals surface area contributed by atoms with Gasteiger partial charge in [-0.25, -0.2) is 0 Å². The normalized spacial score (nSPS) is 34.6. The fourth-order valence-electron chi connectivity index (χ4n) is 4.62. The van der Waals surface area contributed by atoms with E-state index < -0.39 is 0 Å². The largest absolute Gasteiger partial charge is 0.378 e. The minimum Gasteiger partial charge on any atom is -0.378 e. The number of nitrogens with zero attached hydrogens (tertiary/aromatic N) is 1. The van der Waals surface area contributed by atoms with Crippen molar-refractivity contribution in [2.24, 2.45) is 5.92 Å². The highest BCUT2D eigenvalue weighted by atomic mass is 16.5. The lowest BCUT2D eigenvalue weighted by molar-refractivity contribution is 0.0139. The summed E-state index contributed by atoms with van der Waals surface area (Å²) in [4.78, 5) is 2.86. The molecule has 3 aliphatic rings. The van der Waals surface area contributed by atoms with Gasteiger partial charge in [-0.15, -0.1) is 0 Å². The van der Waals surface area contributed by atoms with Gasteiger partial charge >= 0.3 is 0 Å². The molecule has 3 nitrogen and oxygen atoms in total. The maximum atomic E-state index is 5.85. The van der Waals surface area contributed by atoms with E-state index in [-0.39, 0.29) is 0 Å². The smallest absolute Gasteiger partial charge is 0.0588 e. The Morgan fingerprint density at radius 2 is 2.10 bits per heavy atom. The summed E-state index contributed by atoms with van der Waals surface area (Å²) < 4.78 is 5.85. The lowest BCUT2D eigenvalue weighted by Gasteiger charge is -2.50. The van der Waals surface area contributed by atoms with Gasteiger partial charge in [0.2, 0.25) is 0 Å². The Morgan fingerprint density at radius 3 is 2.76 bits per heavy atom. The van der Waals surface area contributed by atoms with Gasteiger partial charge in [0.1, 0.15) is 0 Å². The molecule has 122 valence electrons. The Bertz CT molecular complexity index is 321. The van der Waals surface area contributed by atoms with E-state index in [1.54, 1.807) is 0 Å². The first kappa shape index (κ1) is 15.8. The molecule has 1 saturated carbocycles. The summed E-state index contributed by atoms with van der Waals surface area (Å²) in [5, 5.41) is 3.89. The van der Waals surface area contributed by atoms with Gasteiger partial charge in [-0.2, -0.15) is 0 Å². The summed E-state index contributed by atoms with van der Waals surface area (Å²) in [5.41, 5.74) is 0.475. The van der Waals surface area contributed by atoms with Crippen LogP contribution in [0.15, 0.2) is 0 Å². The standard InChI is InChI=1S/C18H34N2O/c1-3-15(2)17-13-20(11-8-16-7-6-12-21-16)18(14-19-17)9-4-5-10-18/h15-17,19H,3-14H2,1-2H3. The summed E-state index contributed by atoms with van der Waals surface area (Å²) in [6.45, 7) is 9.44. The molecule has 3 unspecified atom stereocenters. The van der Waals surface area contributed by atoms with Crippen molar-refractivity contribution < 1.29 is 4.74 Å². The van der Waals surface area contributed by atoms with E-state index in [0.29, 0.717) is 17.7 Å². The first-order valence-electron chi connectivity index (χ1n) is 9.33. The quantitative estimate of drug-likeness (QED) is 0.843. The van der Waals surface area contributed by atoms with Crippen molar-refractivity contribution in [2.45, 2.75) is 82.9 Å². The summed E-state index contributed by atoms with van der Waals surface area (Å²) >= 11 is 0. The van der Waals surface area contributed by atoms with Crippen LogP contribution in [0.25, 0.3) is 0 Å². The molecule has 0 aromatic heterocycles. The first-order valence-corrected chi connectivity index (χ1v) is 9.33. The molecule has 3 fully saturated rings. The SMILES string of the molecule is CCC(C)C1CN(CCC2CCCO2)C2(CCCC2)CN1. The monoisotopic (exact) mass is 294 g/mol. The first-order chi connectivity index (χ1) is 10.2. The highest BCUT2D eigenvalue weighted by molar-refractivity contribution is 5.02. The van der Waals surface area contributed by atoms with Gasteiger partial charge in [0, 0.05) is 37.8 Å². The number of nitrogens with one attached hydrogen (secondary N) is 1. The second-order valence-corrected chi connectivity index (χ2v) is 7.67. The fraction of sp³-hybridized carbons (Fsp3) is 1.00. The zero-order valence-corrected chi connectivity index (χ0v) is 14.1. The molecular formula is C18H34N2O. The number of rotatable bonds is 5. The molecular weight excluding hydrogens is 260 g/mol. The van der Waals surface area contributed by atoms with Crippen molar-refractivity contribution in [1.82, 2.24) is 10.2 Å². The Kier molecular flexibility index (Phi) is 5.23. The molecule has 0 radical (unpaired) electrons. The predicted molar refractivity (Wildman–Crippen MR) is 87.6 cm³/mol. The molecule has 21 heavy (non-hydrogen) atoms. The maximum absolute atomic E-state index is 5.85. The van der Waals surface area contributed by atoms with E-state index in [9.17, 15) is 0 Å². The molecule has 1 N–H and O–H groups in total. The van der Waals surface area contributed by atoms with Crippen molar-refractivity contribution in [3.8, 4) is 0 Å². The van der Waals surface area contributed by atoms with Crippen LogP contribution in [0.4, 0.5) is 0 Å². The summed E-state index contributed by atoms with van der Waals surface area (Å²) in [6.07, 6.45) is 11.3. The van der Waals surface area contributed by atoms with Gasteiger partial charge in [-0.05, 0) is 38.0 Å². The van der Waals surface area contributed by atoms with Crippen molar-refractivity contribution in [1.29, 1.82) is 0 Å². The molecule has 2 heterocycles. The Hall–Kier alpha value is -0.120. The van der Waals surface area contributed by atoms with E-state index in [4.69, 9.17) is 4.74 Å². The van der Waals surface area contributed by atoms with Crippen LogP contribution in [0.3, 0.4) is 0 Å². The minimum absolute atomic E-state index is 0.475. The van der Waals surface area contributed by atoms with Gasteiger partial charge < -0.3 is 10.1 Å². The van der Waals surface area contributed by atoms with Crippen molar-refractivity contribution in [3.63, 3.8) is 0 Å². The van der Waals surface area contributed by atoms with Gasteiger partial charge in [0.15, 0.2) is 0 Å². The van der Waals surface area contributed by atoms with E-state index in [1.165, 1.54) is 71.0 Å². The molecule has 2 aliphatic heterocycles. The second kappa shape index (κ2) is 6.97. The molecule has 0 bridgehead atoms. The highest BCUT2D eigenvalue weighted by Gasteiger charge is 2.44. The molecule has 0 aromatic rings.